The molecular formula is C10H11N5O4P+. The standard InChI is InChI=1S/C10H11N5O4P/c1-17-20(16)19-7-3-2-6(18-7)15-5-14-8-9(11)12-4-13-10(8)15/h2-7H,1H3,(H2,11,12,13)/q+1. The maximum absolute atomic E-state index is 11.2. The minimum absolute atomic E-state index is 0.297. The topological polar surface area (TPSA) is 114 Å². The van der Waals surface area contributed by atoms with E-state index in [2.05, 4.69) is 19.5 Å². The van der Waals surface area contributed by atoms with Gasteiger partial charge in [0.2, 0.25) is 6.29 Å². The highest BCUT2D eigenvalue weighted by Crippen LogP contribution is 2.32. The largest absolute Gasteiger partial charge is 0.700 e. The van der Waals surface area contributed by atoms with Crippen LogP contribution in [-0.4, -0.2) is 32.9 Å². The number of nitrogens with zero attached hydrogens (tertiary/aromatic N) is 4. The lowest BCUT2D eigenvalue weighted by molar-refractivity contribution is -0.0819. The highest BCUT2D eigenvalue weighted by Gasteiger charge is 2.31. The molecule has 10 heteroatoms. The molecule has 3 rings (SSSR count). The van der Waals surface area contributed by atoms with Crippen molar-refractivity contribution in [3.63, 3.8) is 0 Å². The Hall–Kier alpha value is -1.93. The van der Waals surface area contributed by atoms with E-state index in [1.807, 2.05) is 0 Å². The first-order valence-corrected chi connectivity index (χ1v) is 6.73. The van der Waals surface area contributed by atoms with Crippen molar-refractivity contribution in [1.29, 1.82) is 0 Å². The van der Waals surface area contributed by atoms with Gasteiger partial charge >= 0.3 is 8.25 Å². The first-order valence-electron chi connectivity index (χ1n) is 5.64. The smallest absolute Gasteiger partial charge is 0.382 e. The Morgan fingerprint density at radius 3 is 3.05 bits per heavy atom. The van der Waals surface area contributed by atoms with Crippen molar-refractivity contribution in [2.75, 3.05) is 12.8 Å². The molecule has 2 aromatic heterocycles. The molecule has 0 aliphatic carbocycles. The van der Waals surface area contributed by atoms with Crippen molar-refractivity contribution in [2.24, 2.45) is 0 Å². The van der Waals surface area contributed by atoms with Gasteiger partial charge in [0.15, 0.2) is 17.7 Å². The van der Waals surface area contributed by atoms with Crippen molar-refractivity contribution in [3.8, 4) is 0 Å². The molecule has 2 N–H and O–H groups in total. The lowest BCUT2D eigenvalue weighted by Gasteiger charge is -2.12. The van der Waals surface area contributed by atoms with Gasteiger partial charge in [0.1, 0.15) is 11.8 Å². The number of anilines is 1. The average molecular weight is 296 g/mol. The summed E-state index contributed by atoms with van der Waals surface area (Å²) in [5.74, 6) is 0.297. The van der Waals surface area contributed by atoms with Crippen molar-refractivity contribution in [1.82, 2.24) is 19.5 Å². The molecule has 0 fully saturated rings. The monoisotopic (exact) mass is 296 g/mol. The van der Waals surface area contributed by atoms with Crippen LogP contribution in [0, 0.1) is 0 Å². The molecule has 0 amide bonds. The summed E-state index contributed by atoms with van der Waals surface area (Å²) in [5.41, 5.74) is 6.76. The molecule has 0 aromatic carbocycles. The van der Waals surface area contributed by atoms with E-state index in [1.54, 1.807) is 23.0 Å². The predicted octanol–water partition coefficient (Wildman–Crippen LogP) is 1.14. The summed E-state index contributed by atoms with van der Waals surface area (Å²) in [4.78, 5) is 12.1. The van der Waals surface area contributed by atoms with Crippen LogP contribution in [-0.2, 0) is 18.3 Å². The SMILES string of the molecule is CO[P+](=O)OC1C=CC(n2cnc3c(N)ncnc32)O1. The maximum atomic E-state index is 11.2. The van der Waals surface area contributed by atoms with Crippen LogP contribution in [0.15, 0.2) is 24.8 Å². The zero-order valence-electron chi connectivity index (χ0n) is 10.4. The van der Waals surface area contributed by atoms with Gasteiger partial charge in [0.25, 0.3) is 0 Å². The third kappa shape index (κ3) is 2.27. The summed E-state index contributed by atoms with van der Waals surface area (Å²) in [7, 11) is -0.913. The predicted molar refractivity (Wildman–Crippen MR) is 68.5 cm³/mol. The molecule has 104 valence electrons. The number of fused-ring (bicyclic) bond motifs is 1. The molecule has 3 unspecified atom stereocenters. The Labute approximate surface area is 114 Å². The fourth-order valence-corrected chi connectivity index (χ4v) is 2.19. The Bertz CT molecular complexity index is 687. The van der Waals surface area contributed by atoms with E-state index in [4.69, 9.17) is 15.0 Å². The lowest BCUT2D eigenvalue weighted by Crippen LogP contribution is -2.13. The molecule has 2 aromatic rings. The van der Waals surface area contributed by atoms with Gasteiger partial charge in [-0.15, -0.1) is 4.52 Å². The van der Waals surface area contributed by atoms with Gasteiger partial charge in [-0.1, -0.05) is 4.52 Å². The fraction of sp³-hybridized carbons (Fsp3) is 0.300. The second kappa shape index (κ2) is 5.22. The Balaban J connectivity index is 1.82. The van der Waals surface area contributed by atoms with Crippen LogP contribution in [0.1, 0.15) is 6.23 Å². The van der Waals surface area contributed by atoms with Crippen LogP contribution in [0.2, 0.25) is 0 Å². The first kappa shape index (κ1) is 13.1. The van der Waals surface area contributed by atoms with E-state index in [0.29, 0.717) is 17.0 Å². The molecule has 9 nitrogen and oxygen atoms in total. The van der Waals surface area contributed by atoms with E-state index in [1.165, 1.54) is 13.4 Å². The summed E-state index contributed by atoms with van der Waals surface area (Å²) in [6.07, 6.45) is 5.05. The fourth-order valence-electron chi connectivity index (χ4n) is 1.82. The van der Waals surface area contributed by atoms with E-state index < -0.39 is 20.8 Å². The average Bonchev–Trinajstić information content (AvgIpc) is 3.05. The quantitative estimate of drug-likeness (QED) is 0.659. The number of rotatable bonds is 4. The number of aromatic nitrogens is 4. The molecule has 1 aliphatic rings. The van der Waals surface area contributed by atoms with Gasteiger partial charge in [-0.2, -0.15) is 0 Å². The van der Waals surface area contributed by atoms with Gasteiger partial charge in [-0.05, 0) is 12.2 Å². The normalized spacial score (nSPS) is 22.6. The Kier molecular flexibility index (Phi) is 3.41. The number of hydrogen-bond acceptors (Lipinski definition) is 8. The van der Waals surface area contributed by atoms with E-state index >= 15 is 0 Å². The summed E-state index contributed by atoms with van der Waals surface area (Å²) < 4.78 is 27.9. The van der Waals surface area contributed by atoms with Crippen LogP contribution in [0.4, 0.5) is 5.82 Å². The highest BCUT2D eigenvalue weighted by atomic mass is 31.1. The zero-order valence-corrected chi connectivity index (χ0v) is 11.3. The van der Waals surface area contributed by atoms with Crippen molar-refractivity contribution >= 4 is 25.2 Å². The lowest BCUT2D eigenvalue weighted by atomic mass is 10.4. The molecule has 0 bridgehead atoms. The third-order valence-corrected chi connectivity index (χ3v) is 3.38. The molecule has 3 heterocycles. The number of nitrogen functional groups attached to an aromatic ring is 1. The van der Waals surface area contributed by atoms with Gasteiger partial charge < -0.3 is 10.5 Å². The summed E-state index contributed by atoms with van der Waals surface area (Å²) in [6.45, 7) is 0. The molecule has 20 heavy (non-hydrogen) atoms. The van der Waals surface area contributed by atoms with E-state index in [-0.39, 0.29) is 0 Å². The van der Waals surface area contributed by atoms with Crippen LogP contribution >= 0.6 is 8.25 Å². The number of ether oxygens (including phenoxy) is 1. The number of nitrogens with two attached hydrogens (primary N) is 1. The minimum Gasteiger partial charge on any atom is -0.382 e. The second-order valence-corrected chi connectivity index (χ2v) is 4.90. The van der Waals surface area contributed by atoms with Gasteiger partial charge in [-0.25, -0.2) is 15.0 Å². The molecular weight excluding hydrogens is 285 g/mol. The molecule has 0 saturated carbocycles. The van der Waals surface area contributed by atoms with Crippen LogP contribution < -0.4 is 5.73 Å². The van der Waals surface area contributed by atoms with E-state index in [9.17, 15) is 4.57 Å². The second-order valence-electron chi connectivity index (χ2n) is 3.87. The minimum atomic E-state index is -2.20. The van der Waals surface area contributed by atoms with Crippen LogP contribution in [0.5, 0.6) is 0 Å². The van der Waals surface area contributed by atoms with Gasteiger partial charge in [-0.3, -0.25) is 4.57 Å². The molecule has 1 aliphatic heterocycles. The Morgan fingerprint density at radius 1 is 1.40 bits per heavy atom. The Morgan fingerprint density at radius 2 is 2.25 bits per heavy atom. The molecule has 0 radical (unpaired) electrons. The van der Waals surface area contributed by atoms with Crippen LogP contribution in [0.25, 0.3) is 11.2 Å². The van der Waals surface area contributed by atoms with Crippen molar-refractivity contribution < 1.29 is 18.3 Å². The van der Waals surface area contributed by atoms with Crippen LogP contribution in [0.3, 0.4) is 0 Å². The molecule has 0 saturated heterocycles. The first-order chi connectivity index (χ1) is 9.69. The third-order valence-electron chi connectivity index (χ3n) is 2.71. The van der Waals surface area contributed by atoms with Gasteiger partial charge in [0.05, 0.1) is 13.4 Å². The molecule has 3 atom stereocenters. The maximum Gasteiger partial charge on any atom is 0.700 e. The van der Waals surface area contributed by atoms with Crippen molar-refractivity contribution in [2.45, 2.75) is 12.5 Å². The number of imidazole rings is 1. The number of hydrogen-bond donors (Lipinski definition) is 1. The zero-order chi connectivity index (χ0) is 14.1. The summed E-state index contributed by atoms with van der Waals surface area (Å²) in [5, 5.41) is 0. The summed E-state index contributed by atoms with van der Waals surface area (Å²) in [6, 6.07) is 0. The van der Waals surface area contributed by atoms with Gasteiger partial charge in [0, 0.05) is 4.57 Å². The highest BCUT2D eigenvalue weighted by molar-refractivity contribution is 7.33. The summed E-state index contributed by atoms with van der Waals surface area (Å²) >= 11 is 0. The van der Waals surface area contributed by atoms with E-state index in [0.717, 1.165) is 0 Å². The molecule has 0 spiro atoms. The van der Waals surface area contributed by atoms with Crippen molar-refractivity contribution in [3.05, 3.63) is 24.8 Å².